The van der Waals surface area contributed by atoms with E-state index in [4.69, 9.17) is 5.73 Å². The average molecular weight is 276 g/mol. The number of anilines is 1. The summed E-state index contributed by atoms with van der Waals surface area (Å²) in [5.41, 5.74) is 7.30. The van der Waals surface area contributed by atoms with Gasteiger partial charge in [0.25, 0.3) is 0 Å². The van der Waals surface area contributed by atoms with Crippen LogP contribution in [0.5, 0.6) is 0 Å². The van der Waals surface area contributed by atoms with Gasteiger partial charge in [0.2, 0.25) is 0 Å². The van der Waals surface area contributed by atoms with E-state index < -0.39 is 0 Å². The maximum Gasteiger partial charge on any atom is 0.196 e. The zero-order chi connectivity index (χ0) is 13.4. The zero-order valence-electron chi connectivity index (χ0n) is 10.4. The first-order valence-corrected chi connectivity index (χ1v) is 6.80. The van der Waals surface area contributed by atoms with Gasteiger partial charge in [-0.2, -0.15) is 0 Å². The molecule has 3 rings (SSSR count). The maximum atomic E-state index is 13.9. The van der Waals surface area contributed by atoms with Gasteiger partial charge >= 0.3 is 0 Å². The summed E-state index contributed by atoms with van der Waals surface area (Å²) in [6, 6.07) is 6.45. The molecule has 0 amide bonds. The highest BCUT2D eigenvalue weighted by molar-refractivity contribution is 7.09. The van der Waals surface area contributed by atoms with Crippen molar-refractivity contribution in [1.29, 1.82) is 0 Å². The van der Waals surface area contributed by atoms with Crippen LogP contribution >= 0.6 is 11.3 Å². The van der Waals surface area contributed by atoms with Crippen molar-refractivity contribution in [2.24, 2.45) is 10.7 Å². The number of nitrogens with two attached hydrogens (primary N) is 1. The lowest BCUT2D eigenvalue weighted by Gasteiger charge is -2.25. The molecule has 19 heavy (non-hydrogen) atoms. The topological polar surface area (TPSA) is 54.5 Å². The van der Waals surface area contributed by atoms with Gasteiger partial charge in [-0.15, -0.1) is 11.3 Å². The molecule has 6 heteroatoms. The van der Waals surface area contributed by atoms with Gasteiger partial charge in [-0.3, -0.25) is 9.89 Å². The first-order chi connectivity index (χ1) is 9.16. The summed E-state index contributed by atoms with van der Waals surface area (Å²) in [6.07, 6.45) is 0. The van der Waals surface area contributed by atoms with Gasteiger partial charge in [-0.25, -0.2) is 9.37 Å². The van der Waals surface area contributed by atoms with E-state index in [1.54, 1.807) is 34.4 Å². The molecule has 0 bridgehead atoms. The Kier molecular flexibility index (Phi) is 2.94. The number of nitrogens with zero attached hydrogens (tertiary/aromatic N) is 3. The number of halogens is 1. The number of benzene rings is 1. The molecule has 0 saturated heterocycles. The third-order valence-corrected chi connectivity index (χ3v) is 4.08. The molecule has 0 saturated carbocycles. The highest BCUT2D eigenvalue weighted by Gasteiger charge is 2.32. The van der Waals surface area contributed by atoms with Crippen LogP contribution < -0.4 is 10.6 Å². The molecule has 1 aromatic carbocycles. The van der Waals surface area contributed by atoms with Gasteiger partial charge in [0.05, 0.1) is 12.2 Å². The molecule has 1 aliphatic heterocycles. The molecular weight excluding hydrogens is 263 g/mol. The third kappa shape index (κ3) is 2.08. The summed E-state index contributed by atoms with van der Waals surface area (Å²) in [4.78, 5) is 10.4. The van der Waals surface area contributed by atoms with Crippen molar-refractivity contribution in [3.05, 3.63) is 46.2 Å². The highest BCUT2D eigenvalue weighted by Crippen LogP contribution is 2.33. The molecule has 0 aliphatic carbocycles. The van der Waals surface area contributed by atoms with Crippen LogP contribution in [0.4, 0.5) is 10.1 Å². The second kappa shape index (κ2) is 4.62. The Morgan fingerprint density at radius 3 is 2.89 bits per heavy atom. The molecule has 0 radical (unpaired) electrons. The monoisotopic (exact) mass is 276 g/mol. The second-order valence-corrected chi connectivity index (χ2v) is 5.25. The largest absolute Gasteiger partial charge is 0.369 e. The van der Waals surface area contributed by atoms with Crippen LogP contribution in [0.3, 0.4) is 0 Å². The smallest absolute Gasteiger partial charge is 0.196 e. The van der Waals surface area contributed by atoms with Crippen molar-refractivity contribution in [2.45, 2.75) is 13.0 Å². The lowest BCUT2D eigenvalue weighted by Crippen LogP contribution is -2.36. The van der Waals surface area contributed by atoms with Crippen LogP contribution in [0.2, 0.25) is 0 Å². The molecule has 2 heterocycles. The number of guanidine groups is 1. The standard InChI is InChI=1S/C13H13FN4S/c1-8-7-19-12(17-8)11-6-16-13(15)18(11)10-5-3-2-4-9(10)14/h2-5,7,11H,6H2,1H3,(H2,15,16). The quantitative estimate of drug-likeness (QED) is 0.916. The van der Waals surface area contributed by atoms with Crippen molar-refractivity contribution >= 4 is 23.0 Å². The Morgan fingerprint density at radius 2 is 2.21 bits per heavy atom. The molecule has 0 spiro atoms. The van der Waals surface area contributed by atoms with Gasteiger partial charge < -0.3 is 5.73 Å². The molecule has 1 aliphatic rings. The number of rotatable bonds is 2. The first kappa shape index (κ1) is 12.1. The van der Waals surface area contributed by atoms with Crippen LogP contribution in [-0.2, 0) is 0 Å². The van der Waals surface area contributed by atoms with Crippen LogP contribution in [0.25, 0.3) is 0 Å². The Balaban J connectivity index is 2.02. The van der Waals surface area contributed by atoms with Crippen molar-refractivity contribution in [3.8, 4) is 0 Å². The summed E-state index contributed by atoms with van der Waals surface area (Å²) in [5, 5.41) is 2.88. The summed E-state index contributed by atoms with van der Waals surface area (Å²) in [7, 11) is 0. The number of thiazole rings is 1. The lowest BCUT2D eigenvalue weighted by atomic mass is 10.2. The van der Waals surface area contributed by atoms with Crippen molar-refractivity contribution < 1.29 is 4.39 Å². The minimum absolute atomic E-state index is 0.115. The fraction of sp³-hybridized carbons (Fsp3) is 0.231. The normalized spacial score (nSPS) is 18.7. The van der Waals surface area contributed by atoms with E-state index in [0.717, 1.165) is 10.7 Å². The molecule has 1 aromatic heterocycles. The maximum absolute atomic E-state index is 13.9. The molecule has 1 unspecified atom stereocenters. The molecule has 2 aromatic rings. The third-order valence-electron chi connectivity index (χ3n) is 3.02. The van der Waals surface area contributed by atoms with Crippen LogP contribution in [-0.4, -0.2) is 17.5 Å². The lowest BCUT2D eigenvalue weighted by molar-refractivity contribution is 0.619. The number of hydrogen-bond donors (Lipinski definition) is 1. The molecule has 4 nitrogen and oxygen atoms in total. The Labute approximate surface area is 114 Å². The van der Waals surface area contributed by atoms with Gasteiger partial charge in [0.15, 0.2) is 5.96 Å². The molecule has 1 atom stereocenters. The molecular formula is C13H13FN4S. The van der Waals surface area contributed by atoms with Gasteiger partial charge in [-0.05, 0) is 19.1 Å². The van der Waals surface area contributed by atoms with Crippen LogP contribution in [0.15, 0.2) is 34.6 Å². The predicted molar refractivity (Wildman–Crippen MR) is 75.0 cm³/mol. The highest BCUT2D eigenvalue weighted by atomic mass is 32.1. The molecule has 2 N–H and O–H groups in total. The van der Waals surface area contributed by atoms with E-state index in [1.807, 2.05) is 12.3 Å². The Morgan fingerprint density at radius 1 is 1.42 bits per heavy atom. The fourth-order valence-corrected chi connectivity index (χ4v) is 3.03. The van der Waals surface area contributed by atoms with E-state index in [-0.39, 0.29) is 11.9 Å². The summed E-state index contributed by atoms with van der Waals surface area (Å²) >= 11 is 1.55. The van der Waals surface area contributed by atoms with Crippen molar-refractivity contribution in [2.75, 3.05) is 11.4 Å². The Hall–Kier alpha value is -1.95. The second-order valence-electron chi connectivity index (χ2n) is 4.36. The SMILES string of the molecule is Cc1csc(C2CN=C(N)N2c2ccccc2F)n1. The van der Waals surface area contributed by atoms with Gasteiger partial charge in [0, 0.05) is 11.1 Å². The van der Waals surface area contributed by atoms with Crippen LogP contribution in [0, 0.1) is 12.7 Å². The zero-order valence-corrected chi connectivity index (χ0v) is 11.2. The van der Waals surface area contributed by atoms with Gasteiger partial charge in [0.1, 0.15) is 16.9 Å². The van der Waals surface area contributed by atoms with E-state index in [9.17, 15) is 4.39 Å². The van der Waals surface area contributed by atoms with Crippen molar-refractivity contribution in [1.82, 2.24) is 4.98 Å². The minimum atomic E-state index is -0.305. The van der Waals surface area contributed by atoms with E-state index >= 15 is 0 Å². The average Bonchev–Trinajstić information content (AvgIpc) is 2.96. The summed E-state index contributed by atoms with van der Waals surface area (Å²) in [5.74, 6) is 0.0313. The number of aliphatic imine (C=N–C) groups is 1. The summed E-state index contributed by atoms with van der Waals surface area (Å²) in [6.45, 7) is 2.44. The van der Waals surface area contributed by atoms with Crippen LogP contribution in [0.1, 0.15) is 16.7 Å². The van der Waals surface area contributed by atoms with E-state index in [1.165, 1.54) is 6.07 Å². The van der Waals surface area contributed by atoms with Crippen molar-refractivity contribution in [3.63, 3.8) is 0 Å². The predicted octanol–water partition coefficient (Wildman–Crippen LogP) is 2.47. The fourth-order valence-electron chi connectivity index (χ4n) is 2.15. The summed E-state index contributed by atoms with van der Waals surface area (Å²) < 4.78 is 13.9. The Bertz CT molecular complexity index is 637. The molecule has 98 valence electrons. The van der Waals surface area contributed by atoms with E-state index in [0.29, 0.717) is 18.2 Å². The first-order valence-electron chi connectivity index (χ1n) is 5.92. The number of aromatic nitrogens is 1. The minimum Gasteiger partial charge on any atom is -0.369 e. The van der Waals surface area contributed by atoms with E-state index in [2.05, 4.69) is 9.98 Å². The van der Waals surface area contributed by atoms with Gasteiger partial charge in [-0.1, -0.05) is 12.1 Å². The molecule has 0 fully saturated rings. The number of hydrogen-bond acceptors (Lipinski definition) is 5. The number of para-hydroxylation sites is 1. The number of aryl methyl sites for hydroxylation is 1.